The summed E-state index contributed by atoms with van der Waals surface area (Å²) in [6, 6.07) is -0.405. The van der Waals surface area contributed by atoms with Crippen molar-refractivity contribution in [3.8, 4) is 0 Å². The smallest absolute Gasteiger partial charge is 0.311 e. The average molecular weight is 320 g/mol. The molecule has 1 heterocycles. The third kappa shape index (κ3) is 6.01. The minimum atomic E-state index is -3.07. The molecule has 1 saturated heterocycles. The summed E-state index contributed by atoms with van der Waals surface area (Å²) in [6.07, 6.45) is 1.15. The van der Waals surface area contributed by atoms with E-state index in [1.807, 2.05) is 13.8 Å². The molecule has 21 heavy (non-hydrogen) atoms. The largest absolute Gasteiger partial charge is 0.379 e. The number of rotatable bonds is 6. The van der Waals surface area contributed by atoms with Crippen LogP contribution in [0.3, 0.4) is 0 Å². The summed E-state index contributed by atoms with van der Waals surface area (Å²) in [6.45, 7) is 4.72. The number of carbonyl (C=O) groups is 2. The lowest BCUT2D eigenvalue weighted by molar-refractivity contribution is -0.146. The Bertz CT molecular complexity index is 475. The first kappa shape index (κ1) is 17.9. The number of carbonyl (C=O) groups excluding carboxylic acids is 2. The Labute approximate surface area is 125 Å². The molecule has 122 valence electrons. The molecule has 8 heteroatoms. The van der Waals surface area contributed by atoms with Gasteiger partial charge >= 0.3 is 11.8 Å². The molecule has 7 nitrogen and oxygen atoms in total. The van der Waals surface area contributed by atoms with E-state index in [1.54, 1.807) is 0 Å². The number of hydrogen-bond donors (Lipinski definition) is 1. The average Bonchev–Trinajstić information content (AvgIpc) is 2.76. The fourth-order valence-electron chi connectivity index (χ4n) is 2.08. The highest BCUT2D eigenvalue weighted by Gasteiger charge is 2.34. The van der Waals surface area contributed by atoms with Crippen molar-refractivity contribution in [2.75, 3.05) is 31.7 Å². The minimum Gasteiger partial charge on any atom is -0.379 e. The Morgan fingerprint density at radius 2 is 2.05 bits per heavy atom. The van der Waals surface area contributed by atoms with Gasteiger partial charge in [-0.3, -0.25) is 9.59 Å². The van der Waals surface area contributed by atoms with Crippen molar-refractivity contribution in [3.05, 3.63) is 0 Å². The lowest BCUT2D eigenvalue weighted by Gasteiger charge is -2.22. The van der Waals surface area contributed by atoms with E-state index in [4.69, 9.17) is 4.74 Å². The molecule has 0 aliphatic carbocycles. The Balaban J connectivity index is 2.32. The maximum Gasteiger partial charge on any atom is 0.311 e. The van der Waals surface area contributed by atoms with Gasteiger partial charge in [0.05, 0.1) is 17.6 Å². The number of amides is 2. The van der Waals surface area contributed by atoms with Crippen LogP contribution in [0.1, 0.15) is 26.7 Å². The van der Waals surface area contributed by atoms with Gasteiger partial charge in [-0.2, -0.15) is 0 Å². The molecule has 1 aliphatic heterocycles. The Kier molecular flexibility index (Phi) is 6.60. The molecule has 1 N–H and O–H groups in total. The van der Waals surface area contributed by atoms with Crippen molar-refractivity contribution < 1.29 is 22.7 Å². The van der Waals surface area contributed by atoms with E-state index in [-0.39, 0.29) is 17.6 Å². The van der Waals surface area contributed by atoms with Crippen molar-refractivity contribution in [2.24, 2.45) is 0 Å². The molecule has 0 spiro atoms. The van der Waals surface area contributed by atoms with Gasteiger partial charge in [0.1, 0.15) is 0 Å². The van der Waals surface area contributed by atoms with Crippen LogP contribution in [0.4, 0.5) is 0 Å². The van der Waals surface area contributed by atoms with E-state index >= 15 is 0 Å². The fraction of sp³-hybridized carbons (Fsp3) is 0.846. The van der Waals surface area contributed by atoms with Crippen LogP contribution in [-0.4, -0.2) is 69.0 Å². The Hall–Kier alpha value is -1.15. The topological polar surface area (TPSA) is 92.8 Å². The first-order chi connectivity index (χ1) is 9.73. The molecular formula is C13H24N2O5S. The molecule has 1 fully saturated rings. The van der Waals surface area contributed by atoms with Crippen molar-refractivity contribution in [3.63, 3.8) is 0 Å². The highest BCUT2D eigenvalue weighted by atomic mass is 32.2. The number of nitrogens with one attached hydrogen (secondary N) is 1. The maximum atomic E-state index is 11.9. The number of sulfone groups is 1. The second-order valence-electron chi connectivity index (χ2n) is 5.50. The van der Waals surface area contributed by atoms with Gasteiger partial charge in [0, 0.05) is 26.2 Å². The zero-order valence-corrected chi connectivity index (χ0v) is 13.6. The van der Waals surface area contributed by atoms with Crippen molar-refractivity contribution in [1.29, 1.82) is 0 Å². The summed E-state index contributed by atoms with van der Waals surface area (Å²) < 4.78 is 28.1. The highest BCUT2D eigenvalue weighted by molar-refractivity contribution is 7.91. The Morgan fingerprint density at radius 1 is 1.38 bits per heavy atom. The van der Waals surface area contributed by atoms with Gasteiger partial charge in [0.2, 0.25) is 0 Å². The molecule has 0 bridgehead atoms. The second-order valence-corrected chi connectivity index (χ2v) is 7.73. The van der Waals surface area contributed by atoms with Crippen LogP contribution in [0.2, 0.25) is 0 Å². The molecule has 1 aliphatic rings. The van der Waals surface area contributed by atoms with Crippen LogP contribution in [0.15, 0.2) is 0 Å². The van der Waals surface area contributed by atoms with Crippen molar-refractivity contribution >= 4 is 21.7 Å². The standard InChI is InChI=1S/C13H24N2O5S/c1-10(2)20-7-4-6-14-12(16)13(17)15(3)11-5-8-21(18,19)9-11/h10-11H,4-9H2,1-3H3,(H,14,16). The zero-order chi connectivity index (χ0) is 16.0. The number of ether oxygens (including phenoxy) is 1. The molecule has 0 radical (unpaired) electrons. The van der Waals surface area contributed by atoms with Gasteiger partial charge < -0.3 is 15.0 Å². The Morgan fingerprint density at radius 3 is 2.57 bits per heavy atom. The molecule has 0 aromatic heterocycles. The summed E-state index contributed by atoms with van der Waals surface area (Å²) in [5.74, 6) is -1.39. The van der Waals surface area contributed by atoms with Crippen LogP contribution < -0.4 is 5.32 Å². The van der Waals surface area contributed by atoms with Crippen LogP contribution >= 0.6 is 0 Å². The highest BCUT2D eigenvalue weighted by Crippen LogP contribution is 2.16. The van der Waals surface area contributed by atoms with Gasteiger partial charge in [0.25, 0.3) is 0 Å². The number of likely N-dealkylation sites (N-methyl/N-ethyl adjacent to an activating group) is 1. The number of hydrogen-bond acceptors (Lipinski definition) is 5. The first-order valence-electron chi connectivity index (χ1n) is 7.10. The van der Waals surface area contributed by atoms with E-state index in [0.29, 0.717) is 26.0 Å². The lowest BCUT2D eigenvalue weighted by atomic mass is 10.2. The normalized spacial score (nSPS) is 20.5. The van der Waals surface area contributed by atoms with E-state index in [9.17, 15) is 18.0 Å². The van der Waals surface area contributed by atoms with Gasteiger partial charge in [-0.25, -0.2) is 8.42 Å². The molecule has 0 saturated carbocycles. The molecule has 1 atom stereocenters. The van der Waals surface area contributed by atoms with Gasteiger partial charge in [-0.1, -0.05) is 0 Å². The van der Waals surface area contributed by atoms with Crippen LogP contribution in [0.25, 0.3) is 0 Å². The third-order valence-electron chi connectivity index (χ3n) is 3.33. The third-order valence-corrected chi connectivity index (χ3v) is 5.08. The summed E-state index contributed by atoms with van der Waals surface area (Å²) in [7, 11) is -1.61. The summed E-state index contributed by atoms with van der Waals surface area (Å²) in [5, 5.41) is 2.52. The predicted molar refractivity (Wildman–Crippen MR) is 78.5 cm³/mol. The van der Waals surface area contributed by atoms with E-state index < -0.39 is 27.7 Å². The van der Waals surface area contributed by atoms with Gasteiger partial charge in [-0.15, -0.1) is 0 Å². The second kappa shape index (κ2) is 7.74. The van der Waals surface area contributed by atoms with Crippen molar-refractivity contribution in [2.45, 2.75) is 38.8 Å². The van der Waals surface area contributed by atoms with Crippen LogP contribution in [0.5, 0.6) is 0 Å². The molecular weight excluding hydrogens is 296 g/mol. The fourth-order valence-corrected chi connectivity index (χ4v) is 3.85. The predicted octanol–water partition coefficient (Wildman–Crippen LogP) is -0.437. The number of nitrogens with zero attached hydrogens (tertiary/aromatic N) is 1. The van der Waals surface area contributed by atoms with Crippen LogP contribution in [-0.2, 0) is 24.2 Å². The minimum absolute atomic E-state index is 0.0647. The lowest BCUT2D eigenvalue weighted by Crippen LogP contribution is -2.46. The van der Waals surface area contributed by atoms with E-state index in [0.717, 1.165) is 0 Å². The maximum absolute atomic E-state index is 11.9. The van der Waals surface area contributed by atoms with Gasteiger partial charge in [-0.05, 0) is 26.7 Å². The first-order valence-corrected chi connectivity index (χ1v) is 8.92. The SMILES string of the molecule is CC(C)OCCCNC(=O)C(=O)N(C)C1CCS(=O)(=O)C1. The van der Waals surface area contributed by atoms with Crippen molar-refractivity contribution in [1.82, 2.24) is 10.2 Å². The summed E-state index contributed by atoms with van der Waals surface area (Å²) in [4.78, 5) is 24.8. The molecule has 1 rings (SSSR count). The molecule has 0 aromatic carbocycles. The van der Waals surface area contributed by atoms with Crippen LogP contribution in [0, 0.1) is 0 Å². The zero-order valence-electron chi connectivity index (χ0n) is 12.8. The van der Waals surface area contributed by atoms with E-state index in [1.165, 1.54) is 11.9 Å². The quantitative estimate of drug-likeness (QED) is 0.529. The molecule has 2 amide bonds. The molecule has 1 unspecified atom stereocenters. The van der Waals surface area contributed by atoms with E-state index in [2.05, 4.69) is 5.32 Å². The summed E-state index contributed by atoms with van der Waals surface area (Å²) in [5.41, 5.74) is 0. The van der Waals surface area contributed by atoms with Gasteiger partial charge in [0.15, 0.2) is 9.84 Å². The monoisotopic (exact) mass is 320 g/mol. The molecule has 0 aromatic rings. The summed E-state index contributed by atoms with van der Waals surface area (Å²) >= 11 is 0.